The van der Waals surface area contributed by atoms with Gasteiger partial charge in [0.05, 0.1) is 17.2 Å². The number of ether oxygens (including phenoxy) is 3. The molecule has 0 saturated heterocycles. The number of fused-ring (bicyclic) bond motifs is 1. The van der Waals surface area contributed by atoms with Gasteiger partial charge in [0.15, 0.2) is 17.3 Å². The van der Waals surface area contributed by atoms with Crippen molar-refractivity contribution in [3.63, 3.8) is 0 Å². The molecule has 0 radical (unpaired) electrons. The summed E-state index contributed by atoms with van der Waals surface area (Å²) in [5, 5.41) is 15.9. The Balaban J connectivity index is 1.52. The number of hydrazone groups is 1. The minimum atomic E-state index is -0.491. The molecule has 2 aliphatic rings. The Morgan fingerprint density at radius 2 is 1.89 bits per heavy atom. The number of amides is 1. The molecule has 188 valence electrons. The number of nitrogens with zero attached hydrogens (tertiary/aromatic N) is 3. The number of carbonyl (C=O) groups is 1. The molecule has 0 bridgehead atoms. The van der Waals surface area contributed by atoms with Crippen molar-refractivity contribution in [1.82, 2.24) is 5.01 Å². The number of thioether (sulfide) groups is 1. The zero-order chi connectivity index (χ0) is 25.7. The molecule has 10 heteroatoms. The summed E-state index contributed by atoms with van der Waals surface area (Å²) in [4.78, 5) is 16.8. The third kappa shape index (κ3) is 5.74. The van der Waals surface area contributed by atoms with E-state index < -0.39 is 5.91 Å². The van der Waals surface area contributed by atoms with Gasteiger partial charge >= 0.3 is 0 Å². The van der Waals surface area contributed by atoms with Crippen LogP contribution < -0.4 is 14.2 Å². The number of nitrogens with one attached hydrogen (secondary N) is 1. The van der Waals surface area contributed by atoms with E-state index in [9.17, 15) is 4.79 Å². The third-order valence-electron chi connectivity index (χ3n) is 5.28. The normalized spacial score (nSPS) is 16.1. The summed E-state index contributed by atoms with van der Waals surface area (Å²) in [7, 11) is 0. The number of hydrogen-bond acceptors (Lipinski definition) is 7. The first-order chi connectivity index (χ1) is 17.4. The number of benzene rings is 2. The molecule has 2 aliphatic heterocycles. The molecule has 0 spiro atoms. The van der Waals surface area contributed by atoms with Crippen LogP contribution in [0.2, 0.25) is 5.02 Å². The molecule has 0 atom stereocenters. The van der Waals surface area contributed by atoms with Gasteiger partial charge in [-0.1, -0.05) is 36.7 Å². The van der Waals surface area contributed by atoms with E-state index >= 15 is 0 Å². The molecular weight excluding hydrogens is 500 g/mol. The lowest BCUT2D eigenvalue weighted by Gasteiger charge is -2.20. The zero-order valence-electron chi connectivity index (χ0n) is 20.3. The average molecular weight is 527 g/mol. The second kappa shape index (κ2) is 11.6. The van der Waals surface area contributed by atoms with E-state index in [1.54, 1.807) is 18.2 Å². The maximum absolute atomic E-state index is 12.7. The molecule has 2 aromatic rings. The Bertz CT molecular complexity index is 1270. The molecule has 0 saturated carbocycles. The van der Waals surface area contributed by atoms with Gasteiger partial charge in [-0.2, -0.15) is 15.1 Å². The van der Waals surface area contributed by atoms with Gasteiger partial charge < -0.3 is 14.2 Å². The predicted molar refractivity (Wildman–Crippen MR) is 145 cm³/mol. The van der Waals surface area contributed by atoms with Gasteiger partial charge in [0, 0.05) is 0 Å². The van der Waals surface area contributed by atoms with Crippen molar-refractivity contribution in [3.8, 4) is 17.2 Å². The largest absolute Gasteiger partial charge is 0.490 e. The molecule has 1 amide bonds. The summed E-state index contributed by atoms with van der Waals surface area (Å²) < 4.78 is 17.5. The van der Waals surface area contributed by atoms with Gasteiger partial charge in [-0.25, -0.2) is 0 Å². The molecular formula is C26H27ClN4O4S. The van der Waals surface area contributed by atoms with Gasteiger partial charge in [-0.3, -0.25) is 10.2 Å². The smallest absolute Gasteiger partial charge is 0.283 e. The lowest BCUT2D eigenvalue weighted by Crippen LogP contribution is -2.35. The summed E-state index contributed by atoms with van der Waals surface area (Å²) in [6, 6.07) is 11.2. The highest BCUT2D eigenvalue weighted by molar-refractivity contribution is 8.26. The van der Waals surface area contributed by atoms with Gasteiger partial charge in [-0.15, -0.1) is 0 Å². The highest BCUT2D eigenvalue weighted by atomic mass is 35.5. The summed E-state index contributed by atoms with van der Waals surface area (Å²) in [6.07, 6.45) is 3.26. The second-order valence-electron chi connectivity index (χ2n) is 7.99. The lowest BCUT2D eigenvalue weighted by atomic mass is 10.1. The first kappa shape index (κ1) is 25.8. The monoisotopic (exact) mass is 526 g/mol. The van der Waals surface area contributed by atoms with Crippen molar-refractivity contribution in [2.75, 3.05) is 19.8 Å². The van der Waals surface area contributed by atoms with E-state index in [2.05, 4.69) is 10.1 Å². The van der Waals surface area contributed by atoms with Crippen molar-refractivity contribution < 1.29 is 19.0 Å². The van der Waals surface area contributed by atoms with Crippen LogP contribution in [0, 0.1) is 12.3 Å². The molecule has 1 N–H and O–H groups in total. The second-order valence-corrected chi connectivity index (χ2v) is 9.44. The SMILES string of the molecule is CCCC1=NN2C(=N)/C(=C\c3cc(Cl)c(OCCOc4ccccc4C)c(OCC)c3)C(=O)N=C2S1. The van der Waals surface area contributed by atoms with E-state index in [4.69, 9.17) is 31.2 Å². The third-order valence-corrected chi connectivity index (χ3v) is 6.53. The van der Waals surface area contributed by atoms with E-state index in [0.717, 1.165) is 29.2 Å². The van der Waals surface area contributed by atoms with Gasteiger partial charge in [0.1, 0.15) is 24.0 Å². The Hall–Kier alpha value is -3.30. The lowest BCUT2D eigenvalue weighted by molar-refractivity contribution is -0.114. The topological polar surface area (TPSA) is 96.6 Å². The molecule has 4 rings (SSSR count). The van der Waals surface area contributed by atoms with E-state index in [1.807, 2.05) is 45.0 Å². The minimum Gasteiger partial charge on any atom is -0.490 e. The van der Waals surface area contributed by atoms with Crippen LogP contribution >= 0.6 is 23.4 Å². The first-order valence-corrected chi connectivity index (χ1v) is 12.9. The summed E-state index contributed by atoms with van der Waals surface area (Å²) in [5.74, 6) is 1.11. The quantitative estimate of drug-likeness (QED) is 0.305. The highest BCUT2D eigenvalue weighted by Gasteiger charge is 2.35. The Labute approximate surface area is 219 Å². The summed E-state index contributed by atoms with van der Waals surface area (Å²) >= 11 is 7.87. The molecule has 2 aromatic carbocycles. The Kier molecular flexibility index (Phi) is 8.32. The molecule has 0 aromatic heterocycles. The molecule has 0 aliphatic carbocycles. The number of para-hydroxylation sites is 1. The van der Waals surface area contributed by atoms with E-state index in [-0.39, 0.29) is 18.0 Å². The highest BCUT2D eigenvalue weighted by Crippen LogP contribution is 2.38. The molecule has 8 nitrogen and oxygen atoms in total. The molecule has 36 heavy (non-hydrogen) atoms. The fraction of sp³-hybridized carbons (Fsp3) is 0.308. The van der Waals surface area contributed by atoms with Crippen LogP contribution in [-0.2, 0) is 4.79 Å². The van der Waals surface area contributed by atoms with Gasteiger partial charge in [0.25, 0.3) is 5.91 Å². The van der Waals surface area contributed by atoms with Gasteiger partial charge in [0.2, 0.25) is 5.17 Å². The number of rotatable bonds is 10. The van der Waals surface area contributed by atoms with Crippen LogP contribution in [0.5, 0.6) is 17.2 Å². The standard InChI is InChI=1S/C26H27ClN4O4S/c1-4-8-22-30-31-24(28)18(25(32)29-26(31)36-22)13-17-14-19(27)23(21(15-17)33-5-2)35-12-11-34-20-10-7-6-9-16(20)3/h6-7,9-10,13-15,28H,4-5,8,11-12H2,1-3H3/b18-13+,28-24?. The van der Waals surface area contributed by atoms with Crippen molar-refractivity contribution in [3.05, 3.63) is 58.1 Å². The van der Waals surface area contributed by atoms with Crippen LogP contribution in [0.25, 0.3) is 6.08 Å². The summed E-state index contributed by atoms with van der Waals surface area (Å²) in [5.41, 5.74) is 1.75. The van der Waals surface area contributed by atoms with E-state index in [0.29, 0.717) is 40.5 Å². The number of amidine groups is 2. The molecule has 0 fully saturated rings. The number of aryl methyl sites for hydroxylation is 1. The fourth-order valence-corrected chi connectivity index (χ4v) is 4.86. The maximum atomic E-state index is 12.7. The number of halogens is 1. The fourth-order valence-electron chi connectivity index (χ4n) is 3.60. The molecule has 0 unspecified atom stereocenters. The molecule has 2 heterocycles. The number of carbonyl (C=O) groups excluding carboxylic acids is 1. The number of hydrogen-bond donors (Lipinski definition) is 1. The van der Waals surface area contributed by atoms with Crippen LogP contribution in [0.15, 0.2) is 52.1 Å². The zero-order valence-corrected chi connectivity index (χ0v) is 21.9. The van der Waals surface area contributed by atoms with Crippen LogP contribution in [-0.4, -0.2) is 46.8 Å². The average Bonchev–Trinajstić information content (AvgIpc) is 3.24. The predicted octanol–water partition coefficient (Wildman–Crippen LogP) is 5.92. The summed E-state index contributed by atoms with van der Waals surface area (Å²) in [6.45, 7) is 6.88. The first-order valence-electron chi connectivity index (χ1n) is 11.7. The van der Waals surface area contributed by atoms with Crippen molar-refractivity contribution in [1.29, 1.82) is 5.41 Å². The van der Waals surface area contributed by atoms with Crippen molar-refractivity contribution in [2.45, 2.75) is 33.6 Å². The maximum Gasteiger partial charge on any atom is 0.283 e. The minimum absolute atomic E-state index is 0.0219. The Morgan fingerprint density at radius 1 is 1.11 bits per heavy atom. The van der Waals surface area contributed by atoms with Crippen LogP contribution in [0.3, 0.4) is 0 Å². The van der Waals surface area contributed by atoms with E-state index in [1.165, 1.54) is 16.8 Å². The van der Waals surface area contributed by atoms with Crippen LogP contribution in [0.1, 0.15) is 37.8 Å². The van der Waals surface area contributed by atoms with Crippen molar-refractivity contribution >= 4 is 51.4 Å². The number of aliphatic imine (C=N–C) groups is 1. The van der Waals surface area contributed by atoms with Crippen LogP contribution in [0.4, 0.5) is 0 Å². The Morgan fingerprint density at radius 3 is 2.64 bits per heavy atom. The van der Waals surface area contributed by atoms with Crippen molar-refractivity contribution in [2.24, 2.45) is 10.1 Å². The van der Waals surface area contributed by atoms with Gasteiger partial charge in [-0.05, 0) is 73.9 Å².